The van der Waals surface area contributed by atoms with Crippen LogP contribution in [0.1, 0.15) is 0 Å². The Hall–Kier alpha value is -2.05. The Morgan fingerprint density at radius 2 is 2.22 bits per heavy atom. The molecule has 1 heterocycles. The molecule has 114 valence electrons. The molecule has 0 radical (unpaired) electrons. The molecule has 3 rings (SSSR count). The summed E-state index contributed by atoms with van der Waals surface area (Å²) in [6.45, 7) is 0. The lowest BCUT2D eigenvalue weighted by atomic mass is 10.2. The number of nitrogens with zero attached hydrogens (tertiary/aromatic N) is 2. The maximum Gasteiger partial charge on any atom is 0.235 e. The van der Waals surface area contributed by atoms with Gasteiger partial charge in [-0.25, -0.2) is 4.98 Å². The third-order valence-corrected chi connectivity index (χ3v) is 4.22. The summed E-state index contributed by atoms with van der Waals surface area (Å²) in [7, 11) is 0. The van der Waals surface area contributed by atoms with Crippen LogP contribution in [-0.2, 0) is 4.79 Å². The first-order valence-electron chi connectivity index (χ1n) is 6.63. The number of aromatic nitrogens is 1. The van der Waals surface area contributed by atoms with Crippen LogP contribution in [0, 0.1) is 14.2 Å². The van der Waals surface area contributed by atoms with E-state index >= 15 is 0 Å². The molecule has 2 aromatic carbocycles. The van der Waals surface area contributed by atoms with E-state index in [4.69, 9.17) is 9.68 Å². The number of amides is 1. The number of fused-ring (bicyclic) bond motifs is 1. The number of rotatable bonds is 4. The van der Waals surface area contributed by atoms with Crippen molar-refractivity contribution in [2.45, 2.75) is 0 Å². The fourth-order valence-electron chi connectivity index (χ4n) is 2.05. The number of thioether (sulfide) groups is 1. The zero-order chi connectivity index (χ0) is 16.2. The first kappa shape index (κ1) is 15.8. The molecular formula is C16H10IN3O2S. The summed E-state index contributed by atoms with van der Waals surface area (Å²) < 4.78 is 6.86. The largest absolute Gasteiger partial charge is 0.436 e. The molecule has 0 aliphatic heterocycles. The van der Waals surface area contributed by atoms with Crippen LogP contribution in [0.15, 0.2) is 46.9 Å². The summed E-state index contributed by atoms with van der Waals surface area (Å²) in [6.07, 6.45) is 0. The number of oxazole rings is 1. The van der Waals surface area contributed by atoms with Gasteiger partial charge in [-0.3, -0.25) is 4.79 Å². The molecule has 0 bridgehead atoms. The average Bonchev–Trinajstić information content (AvgIpc) is 2.96. The first-order chi connectivity index (χ1) is 11.2. The summed E-state index contributed by atoms with van der Waals surface area (Å²) >= 11 is 3.14. The standard InChI is InChI=1S/C16H10IN3O2S/c17-11-3-1-2-10(6-11)16-20-13-7-12(4-5-14(13)22-16)19-15(21)8-23-9-18/h1-7H,8H2,(H,19,21). The van der Waals surface area contributed by atoms with E-state index in [9.17, 15) is 4.79 Å². The molecule has 1 N–H and O–H groups in total. The van der Waals surface area contributed by atoms with Crippen LogP contribution < -0.4 is 5.32 Å². The maximum absolute atomic E-state index is 11.6. The van der Waals surface area contributed by atoms with Crippen molar-refractivity contribution in [1.29, 1.82) is 5.26 Å². The lowest BCUT2D eigenvalue weighted by molar-refractivity contribution is -0.113. The van der Waals surface area contributed by atoms with Gasteiger partial charge < -0.3 is 9.73 Å². The predicted molar refractivity (Wildman–Crippen MR) is 98.9 cm³/mol. The van der Waals surface area contributed by atoms with E-state index in [2.05, 4.69) is 32.9 Å². The Morgan fingerprint density at radius 3 is 3.00 bits per heavy atom. The quantitative estimate of drug-likeness (QED) is 0.490. The number of halogens is 1. The van der Waals surface area contributed by atoms with Gasteiger partial charge in [0.1, 0.15) is 10.9 Å². The van der Waals surface area contributed by atoms with Gasteiger partial charge in [0.2, 0.25) is 11.8 Å². The van der Waals surface area contributed by atoms with Crippen molar-refractivity contribution in [2.75, 3.05) is 11.1 Å². The fraction of sp³-hybridized carbons (Fsp3) is 0.0625. The second-order valence-corrected chi connectivity index (χ2v) is 6.65. The molecule has 23 heavy (non-hydrogen) atoms. The molecule has 0 aliphatic rings. The molecule has 0 saturated heterocycles. The van der Waals surface area contributed by atoms with E-state index in [0.29, 0.717) is 22.7 Å². The van der Waals surface area contributed by atoms with Crippen molar-refractivity contribution in [3.05, 3.63) is 46.0 Å². The predicted octanol–water partition coefficient (Wildman–Crippen LogP) is 4.25. The molecule has 1 amide bonds. The van der Waals surface area contributed by atoms with Gasteiger partial charge in [0.05, 0.1) is 5.75 Å². The zero-order valence-corrected chi connectivity index (χ0v) is 14.7. The number of thiocyanates is 1. The number of hydrogen-bond donors (Lipinski definition) is 1. The lowest BCUT2D eigenvalue weighted by Gasteiger charge is -2.02. The summed E-state index contributed by atoms with van der Waals surface area (Å²) in [5.74, 6) is 0.417. The Morgan fingerprint density at radius 1 is 1.35 bits per heavy atom. The van der Waals surface area contributed by atoms with Crippen LogP contribution in [0.25, 0.3) is 22.6 Å². The van der Waals surface area contributed by atoms with Crippen molar-refractivity contribution in [3.8, 4) is 16.9 Å². The smallest absolute Gasteiger partial charge is 0.235 e. The Kier molecular flexibility index (Phi) is 4.83. The second-order valence-electron chi connectivity index (χ2n) is 4.64. The fourth-order valence-corrected chi connectivity index (χ4v) is 2.86. The molecule has 0 unspecified atom stereocenters. The van der Waals surface area contributed by atoms with Crippen LogP contribution in [0.2, 0.25) is 0 Å². The van der Waals surface area contributed by atoms with Gasteiger partial charge >= 0.3 is 0 Å². The van der Waals surface area contributed by atoms with Gasteiger partial charge in [0, 0.05) is 14.8 Å². The van der Waals surface area contributed by atoms with Crippen molar-refractivity contribution >= 4 is 57.0 Å². The maximum atomic E-state index is 11.6. The summed E-state index contributed by atoms with van der Waals surface area (Å²) in [5, 5.41) is 13.1. The van der Waals surface area contributed by atoms with E-state index in [1.807, 2.05) is 29.7 Å². The van der Waals surface area contributed by atoms with Crippen LogP contribution in [0.3, 0.4) is 0 Å². The highest BCUT2D eigenvalue weighted by molar-refractivity contribution is 14.1. The second kappa shape index (κ2) is 7.02. The van der Waals surface area contributed by atoms with Crippen LogP contribution in [0.4, 0.5) is 5.69 Å². The van der Waals surface area contributed by atoms with Crippen molar-refractivity contribution < 1.29 is 9.21 Å². The van der Waals surface area contributed by atoms with Gasteiger partial charge in [-0.15, -0.1) is 0 Å². The van der Waals surface area contributed by atoms with E-state index in [1.165, 1.54) is 0 Å². The van der Waals surface area contributed by atoms with E-state index < -0.39 is 0 Å². The number of nitrogens with one attached hydrogen (secondary N) is 1. The molecule has 0 aliphatic carbocycles. The van der Waals surface area contributed by atoms with Gasteiger partial charge in [0.15, 0.2) is 5.58 Å². The van der Waals surface area contributed by atoms with Gasteiger partial charge in [0.25, 0.3) is 0 Å². The first-order valence-corrected chi connectivity index (χ1v) is 8.69. The van der Waals surface area contributed by atoms with Crippen molar-refractivity contribution in [2.24, 2.45) is 0 Å². The summed E-state index contributed by atoms with van der Waals surface area (Å²) in [4.78, 5) is 16.1. The minimum absolute atomic E-state index is 0.0983. The highest BCUT2D eigenvalue weighted by Gasteiger charge is 2.10. The molecule has 0 spiro atoms. The Labute approximate surface area is 150 Å². The third kappa shape index (κ3) is 3.83. The molecule has 5 nitrogen and oxygen atoms in total. The molecule has 1 aromatic heterocycles. The van der Waals surface area contributed by atoms with Gasteiger partial charge in [-0.2, -0.15) is 5.26 Å². The van der Waals surface area contributed by atoms with E-state index in [0.717, 1.165) is 20.9 Å². The van der Waals surface area contributed by atoms with Crippen LogP contribution in [-0.4, -0.2) is 16.6 Å². The molecular weight excluding hydrogens is 425 g/mol. The Bertz CT molecular complexity index is 917. The molecule has 0 fully saturated rings. The van der Waals surface area contributed by atoms with Crippen LogP contribution >= 0.6 is 34.4 Å². The highest BCUT2D eigenvalue weighted by Crippen LogP contribution is 2.27. The average molecular weight is 435 g/mol. The van der Waals surface area contributed by atoms with E-state index in [-0.39, 0.29) is 11.7 Å². The molecule has 0 atom stereocenters. The number of benzene rings is 2. The SMILES string of the molecule is N#CSCC(=O)Nc1ccc2oc(-c3cccc(I)c3)nc2c1. The number of carbonyl (C=O) groups is 1. The van der Waals surface area contributed by atoms with E-state index in [1.54, 1.807) is 18.2 Å². The number of anilines is 1. The highest BCUT2D eigenvalue weighted by atomic mass is 127. The lowest BCUT2D eigenvalue weighted by Crippen LogP contribution is -2.13. The monoisotopic (exact) mass is 435 g/mol. The normalized spacial score (nSPS) is 10.4. The summed E-state index contributed by atoms with van der Waals surface area (Å²) in [6, 6.07) is 13.2. The number of nitriles is 1. The molecule has 0 saturated carbocycles. The minimum Gasteiger partial charge on any atom is -0.436 e. The zero-order valence-electron chi connectivity index (χ0n) is 11.7. The summed E-state index contributed by atoms with van der Waals surface area (Å²) in [5.41, 5.74) is 2.86. The van der Waals surface area contributed by atoms with Crippen LogP contribution in [0.5, 0.6) is 0 Å². The topological polar surface area (TPSA) is 78.9 Å². The molecule has 7 heteroatoms. The number of hydrogen-bond acceptors (Lipinski definition) is 5. The third-order valence-electron chi connectivity index (χ3n) is 3.01. The Balaban J connectivity index is 1.86. The van der Waals surface area contributed by atoms with Crippen molar-refractivity contribution in [1.82, 2.24) is 4.98 Å². The van der Waals surface area contributed by atoms with Gasteiger partial charge in [-0.1, -0.05) is 6.07 Å². The number of carbonyl (C=O) groups excluding carboxylic acids is 1. The van der Waals surface area contributed by atoms with Crippen molar-refractivity contribution in [3.63, 3.8) is 0 Å². The minimum atomic E-state index is -0.225. The van der Waals surface area contributed by atoms with Gasteiger partial charge in [-0.05, 0) is 70.8 Å². The molecule has 3 aromatic rings.